The van der Waals surface area contributed by atoms with Crippen molar-refractivity contribution in [2.75, 3.05) is 23.1 Å². The van der Waals surface area contributed by atoms with Gasteiger partial charge in [0.05, 0.1) is 4.90 Å². The van der Waals surface area contributed by atoms with E-state index in [2.05, 4.69) is 5.32 Å². The minimum atomic E-state index is -3.78. The fourth-order valence-electron chi connectivity index (χ4n) is 1.57. The molecule has 0 radical (unpaired) electrons. The van der Waals surface area contributed by atoms with Crippen molar-refractivity contribution in [2.24, 2.45) is 5.14 Å². The number of anilines is 2. The third-order valence-corrected chi connectivity index (χ3v) is 4.21. The molecule has 0 aliphatic rings. The SMILES string of the molecule is CC(CCS(C)=O)Nc1cc(N)cc(S(N)(=O)=O)c1. The molecule has 0 fully saturated rings. The summed E-state index contributed by atoms with van der Waals surface area (Å²) in [6.45, 7) is 1.92. The molecule has 0 bridgehead atoms. The Bertz CT molecular complexity index is 573. The summed E-state index contributed by atoms with van der Waals surface area (Å²) in [4.78, 5) is -0.0266. The number of nitrogen functional groups attached to an aromatic ring is 1. The molecule has 0 heterocycles. The molecule has 0 aliphatic carbocycles. The van der Waals surface area contributed by atoms with Crippen LogP contribution in [0, 0.1) is 0 Å². The first kappa shape index (κ1) is 15.9. The molecule has 19 heavy (non-hydrogen) atoms. The van der Waals surface area contributed by atoms with Gasteiger partial charge in [-0.1, -0.05) is 0 Å². The van der Waals surface area contributed by atoms with Gasteiger partial charge in [-0.25, -0.2) is 13.6 Å². The highest BCUT2D eigenvalue weighted by Gasteiger charge is 2.11. The summed E-state index contributed by atoms with van der Waals surface area (Å²) < 4.78 is 33.6. The molecule has 0 saturated carbocycles. The Kier molecular flexibility index (Phi) is 5.33. The van der Waals surface area contributed by atoms with Gasteiger partial charge in [-0.3, -0.25) is 4.21 Å². The second-order valence-corrected chi connectivity index (χ2v) is 7.56. The van der Waals surface area contributed by atoms with Crippen molar-refractivity contribution in [3.8, 4) is 0 Å². The van der Waals surface area contributed by atoms with Gasteiger partial charge in [-0.15, -0.1) is 0 Å². The molecule has 5 N–H and O–H groups in total. The van der Waals surface area contributed by atoms with Gasteiger partial charge in [0.25, 0.3) is 0 Å². The molecule has 0 aromatic heterocycles. The van der Waals surface area contributed by atoms with E-state index < -0.39 is 20.8 Å². The van der Waals surface area contributed by atoms with Crippen LogP contribution in [0.15, 0.2) is 23.1 Å². The van der Waals surface area contributed by atoms with Crippen LogP contribution in [0.1, 0.15) is 13.3 Å². The molecule has 0 aliphatic heterocycles. The lowest BCUT2D eigenvalue weighted by Gasteiger charge is -2.15. The number of nitrogens with two attached hydrogens (primary N) is 2. The Balaban J connectivity index is 2.84. The fraction of sp³-hybridized carbons (Fsp3) is 0.455. The number of nitrogens with one attached hydrogen (secondary N) is 1. The fourth-order valence-corrected chi connectivity index (χ4v) is 2.85. The van der Waals surface area contributed by atoms with Crippen LogP contribution in [0.25, 0.3) is 0 Å². The van der Waals surface area contributed by atoms with Gasteiger partial charge in [0.2, 0.25) is 10.0 Å². The largest absolute Gasteiger partial charge is 0.399 e. The average Bonchev–Trinajstić information content (AvgIpc) is 2.24. The Labute approximate surface area is 116 Å². The van der Waals surface area contributed by atoms with Gasteiger partial charge in [0.15, 0.2) is 0 Å². The summed E-state index contributed by atoms with van der Waals surface area (Å²) in [6, 6.07) is 4.44. The van der Waals surface area contributed by atoms with E-state index in [0.29, 0.717) is 23.5 Å². The molecule has 1 rings (SSSR count). The summed E-state index contributed by atoms with van der Waals surface area (Å²) in [5.41, 5.74) is 6.55. The van der Waals surface area contributed by atoms with E-state index in [1.807, 2.05) is 6.92 Å². The normalized spacial score (nSPS) is 14.9. The highest BCUT2D eigenvalue weighted by Crippen LogP contribution is 2.20. The maximum Gasteiger partial charge on any atom is 0.238 e. The van der Waals surface area contributed by atoms with E-state index in [0.717, 1.165) is 0 Å². The van der Waals surface area contributed by atoms with Gasteiger partial charge in [0, 0.05) is 40.2 Å². The van der Waals surface area contributed by atoms with Crippen LogP contribution in [-0.2, 0) is 20.8 Å². The lowest BCUT2D eigenvalue weighted by atomic mass is 10.2. The molecular weight excluding hydrogens is 286 g/mol. The Morgan fingerprint density at radius 2 is 2.00 bits per heavy atom. The van der Waals surface area contributed by atoms with Crippen molar-refractivity contribution in [2.45, 2.75) is 24.3 Å². The first-order valence-electron chi connectivity index (χ1n) is 5.68. The van der Waals surface area contributed by atoms with Crippen molar-refractivity contribution in [1.82, 2.24) is 0 Å². The third kappa shape index (κ3) is 5.58. The van der Waals surface area contributed by atoms with Crippen LogP contribution in [0.4, 0.5) is 11.4 Å². The van der Waals surface area contributed by atoms with E-state index in [9.17, 15) is 12.6 Å². The van der Waals surface area contributed by atoms with Crippen LogP contribution in [0.3, 0.4) is 0 Å². The van der Waals surface area contributed by atoms with E-state index in [-0.39, 0.29) is 10.9 Å². The quantitative estimate of drug-likeness (QED) is 0.661. The minimum Gasteiger partial charge on any atom is -0.399 e. The van der Waals surface area contributed by atoms with Crippen molar-refractivity contribution in [3.63, 3.8) is 0 Å². The number of hydrogen-bond acceptors (Lipinski definition) is 5. The van der Waals surface area contributed by atoms with Gasteiger partial charge in [0.1, 0.15) is 0 Å². The number of primary sulfonamides is 1. The third-order valence-electron chi connectivity index (χ3n) is 2.51. The minimum absolute atomic E-state index is 0.0266. The summed E-state index contributed by atoms with van der Waals surface area (Å²) in [7, 11) is -4.63. The zero-order chi connectivity index (χ0) is 14.6. The van der Waals surface area contributed by atoms with Gasteiger partial charge < -0.3 is 11.1 Å². The van der Waals surface area contributed by atoms with E-state index in [4.69, 9.17) is 10.9 Å². The van der Waals surface area contributed by atoms with Gasteiger partial charge >= 0.3 is 0 Å². The Hall–Kier alpha value is -1.12. The van der Waals surface area contributed by atoms with Crippen LogP contribution in [0.2, 0.25) is 0 Å². The van der Waals surface area contributed by atoms with E-state index >= 15 is 0 Å². The van der Waals surface area contributed by atoms with Gasteiger partial charge in [-0.05, 0) is 31.5 Å². The first-order chi connectivity index (χ1) is 8.68. The molecule has 2 unspecified atom stereocenters. The lowest BCUT2D eigenvalue weighted by Crippen LogP contribution is -2.19. The second kappa shape index (κ2) is 6.36. The smallest absolute Gasteiger partial charge is 0.238 e. The number of hydrogen-bond donors (Lipinski definition) is 3. The van der Waals surface area contributed by atoms with Crippen molar-refractivity contribution >= 4 is 32.2 Å². The van der Waals surface area contributed by atoms with Crippen LogP contribution in [0.5, 0.6) is 0 Å². The molecule has 6 nitrogen and oxygen atoms in total. The highest BCUT2D eigenvalue weighted by molar-refractivity contribution is 7.89. The van der Waals surface area contributed by atoms with Crippen molar-refractivity contribution in [1.29, 1.82) is 0 Å². The molecule has 2 atom stereocenters. The molecule has 1 aromatic rings. The first-order valence-corrected chi connectivity index (χ1v) is 8.96. The average molecular weight is 305 g/mol. The number of rotatable bonds is 6. The monoisotopic (exact) mass is 305 g/mol. The maximum atomic E-state index is 11.3. The molecule has 8 heteroatoms. The van der Waals surface area contributed by atoms with Crippen molar-refractivity contribution in [3.05, 3.63) is 18.2 Å². The summed E-state index contributed by atoms with van der Waals surface area (Å²) >= 11 is 0. The van der Waals surface area contributed by atoms with Crippen LogP contribution in [-0.4, -0.2) is 30.7 Å². The Morgan fingerprint density at radius 3 is 2.53 bits per heavy atom. The van der Waals surface area contributed by atoms with E-state index in [1.165, 1.54) is 12.1 Å². The van der Waals surface area contributed by atoms with Crippen LogP contribution >= 0.6 is 0 Å². The van der Waals surface area contributed by atoms with E-state index in [1.54, 1.807) is 12.3 Å². The topological polar surface area (TPSA) is 115 Å². The molecule has 0 amide bonds. The summed E-state index contributed by atoms with van der Waals surface area (Å²) in [5, 5.41) is 8.19. The van der Waals surface area contributed by atoms with Crippen LogP contribution < -0.4 is 16.2 Å². The molecule has 1 aromatic carbocycles. The second-order valence-electron chi connectivity index (χ2n) is 4.45. The predicted molar refractivity (Wildman–Crippen MR) is 78.9 cm³/mol. The predicted octanol–water partition coefficient (Wildman–Crippen LogP) is 0.485. The number of benzene rings is 1. The molecular formula is C11H19N3O3S2. The highest BCUT2D eigenvalue weighted by atomic mass is 32.2. The summed E-state index contributed by atoms with van der Waals surface area (Å²) in [5.74, 6) is 0.582. The number of sulfonamides is 1. The maximum absolute atomic E-state index is 11.3. The lowest BCUT2D eigenvalue weighted by molar-refractivity contribution is 0.598. The standard InChI is InChI=1S/C11H19N3O3S2/c1-8(3-4-18(2)15)14-10-5-9(12)6-11(7-10)19(13,16)17/h5-8,14H,3-4,12H2,1-2H3,(H2,13,16,17). The zero-order valence-corrected chi connectivity index (χ0v) is 12.6. The molecule has 0 spiro atoms. The molecule has 0 saturated heterocycles. The summed E-state index contributed by atoms with van der Waals surface area (Å²) in [6.07, 6.45) is 2.36. The van der Waals surface area contributed by atoms with Gasteiger partial charge in [-0.2, -0.15) is 0 Å². The molecule has 108 valence electrons. The Morgan fingerprint density at radius 1 is 1.37 bits per heavy atom. The van der Waals surface area contributed by atoms with Crippen molar-refractivity contribution < 1.29 is 12.6 Å². The zero-order valence-electron chi connectivity index (χ0n) is 10.9.